The van der Waals surface area contributed by atoms with Gasteiger partial charge in [-0.3, -0.25) is 19.3 Å². The highest BCUT2D eigenvalue weighted by Crippen LogP contribution is 2.25. The van der Waals surface area contributed by atoms with Gasteiger partial charge in [-0.15, -0.1) is 0 Å². The van der Waals surface area contributed by atoms with E-state index in [1.807, 2.05) is 0 Å². The summed E-state index contributed by atoms with van der Waals surface area (Å²) >= 11 is 0. The van der Waals surface area contributed by atoms with Crippen LogP contribution in [0, 0.1) is 0 Å². The summed E-state index contributed by atoms with van der Waals surface area (Å²) in [6, 6.07) is 12.8. The molecule has 0 aromatic heterocycles. The maximum absolute atomic E-state index is 12.6. The van der Waals surface area contributed by atoms with E-state index in [1.54, 1.807) is 44.4 Å². The van der Waals surface area contributed by atoms with Gasteiger partial charge in [0.1, 0.15) is 0 Å². The Balaban J connectivity index is 1.90. The summed E-state index contributed by atoms with van der Waals surface area (Å²) < 4.78 is 5.45. The molecule has 0 saturated heterocycles. The second-order valence-electron chi connectivity index (χ2n) is 6.36. The van der Waals surface area contributed by atoms with Crippen molar-refractivity contribution in [3.8, 4) is 0 Å². The fraction of sp³-hybridized carbons (Fsp3) is 0.200. The van der Waals surface area contributed by atoms with Gasteiger partial charge in [0.25, 0.3) is 17.7 Å². The minimum Gasteiger partial charge on any atom is -0.444 e. The molecule has 7 heteroatoms. The zero-order chi connectivity index (χ0) is 19.7. The monoisotopic (exact) mass is 366 g/mol. The standard InChI is InChI=1S/C20H18N2O5/c1-21(2)19(25)16(12-7-5-4-6-8-12)27-20(26)13-9-10-14-15(11-13)18(24)22(3)17(14)23/h4-11,16H,1-3H3. The topological polar surface area (TPSA) is 84.0 Å². The Morgan fingerprint density at radius 3 is 2.22 bits per heavy atom. The number of esters is 1. The first-order valence-corrected chi connectivity index (χ1v) is 8.24. The van der Waals surface area contributed by atoms with E-state index >= 15 is 0 Å². The molecule has 3 rings (SSSR count). The summed E-state index contributed by atoms with van der Waals surface area (Å²) in [5.41, 5.74) is 1.02. The number of likely N-dealkylation sites (N-methyl/N-ethyl adjacent to an activating group) is 1. The van der Waals surface area contributed by atoms with Crippen LogP contribution in [0.3, 0.4) is 0 Å². The van der Waals surface area contributed by atoms with Crippen molar-refractivity contribution in [1.29, 1.82) is 0 Å². The van der Waals surface area contributed by atoms with Gasteiger partial charge in [-0.05, 0) is 18.2 Å². The van der Waals surface area contributed by atoms with Gasteiger partial charge in [-0.2, -0.15) is 0 Å². The van der Waals surface area contributed by atoms with Crippen molar-refractivity contribution in [2.24, 2.45) is 0 Å². The number of fused-ring (bicyclic) bond motifs is 1. The van der Waals surface area contributed by atoms with E-state index in [4.69, 9.17) is 4.74 Å². The minimum atomic E-state index is -1.11. The smallest absolute Gasteiger partial charge is 0.339 e. The van der Waals surface area contributed by atoms with Crippen LogP contribution in [0.15, 0.2) is 48.5 Å². The number of amides is 3. The molecule has 1 unspecified atom stereocenters. The van der Waals surface area contributed by atoms with Crippen LogP contribution >= 0.6 is 0 Å². The average molecular weight is 366 g/mol. The quantitative estimate of drug-likeness (QED) is 0.610. The van der Waals surface area contributed by atoms with Crippen molar-refractivity contribution in [1.82, 2.24) is 9.80 Å². The van der Waals surface area contributed by atoms with Gasteiger partial charge in [0, 0.05) is 26.7 Å². The molecule has 138 valence electrons. The SMILES string of the molecule is CN(C)C(=O)C(OC(=O)c1ccc2c(c1)C(=O)N(C)C2=O)c1ccccc1. The predicted molar refractivity (Wildman–Crippen MR) is 96.2 cm³/mol. The highest BCUT2D eigenvalue weighted by atomic mass is 16.5. The Morgan fingerprint density at radius 1 is 0.963 bits per heavy atom. The molecule has 2 aromatic carbocycles. The van der Waals surface area contributed by atoms with Crippen LogP contribution in [0.25, 0.3) is 0 Å². The Labute approximate surface area is 156 Å². The fourth-order valence-electron chi connectivity index (χ4n) is 2.79. The highest BCUT2D eigenvalue weighted by molar-refractivity contribution is 6.21. The molecular weight excluding hydrogens is 348 g/mol. The summed E-state index contributed by atoms with van der Waals surface area (Å²) in [5, 5.41) is 0. The molecule has 27 heavy (non-hydrogen) atoms. The molecule has 1 heterocycles. The predicted octanol–water partition coefficient (Wildman–Crippen LogP) is 1.90. The second kappa shape index (κ2) is 7.03. The van der Waals surface area contributed by atoms with Gasteiger partial charge in [0.2, 0.25) is 6.10 Å². The van der Waals surface area contributed by atoms with E-state index < -0.39 is 23.9 Å². The van der Waals surface area contributed by atoms with Crippen molar-refractivity contribution in [3.63, 3.8) is 0 Å². The van der Waals surface area contributed by atoms with Crippen LogP contribution in [-0.4, -0.2) is 54.6 Å². The molecule has 0 saturated carbocycles. The molecule has 0 N–H and O–H groups in total. The molecule has 0 bridgehead atoms. The number of rotatable bonds is 4. The number of benzene rings is 2. The lowest BCUT2D eigenvalue weighted by Gasteiger charge is -2.21. The van der Waals surface area contributed by atoms with Gasteiger partial charge in [0.15, 0.2) is 0 Å². The first kappa shape index (κ1) is 18.3. The van der Waals surface area contributed by atoms with Gasteiger partial charge < -0.3 is 9.64 Å². The van der Waals surface area contributed by atoms with E-state index in [0.29, 0.717) is 5.56 Å². The van der Waals surface area contributed by atoms with Crippen molar-refractivity contribution >= 4 is 23.7 Å². The Kier molecular flexibility index (Phi) is 4.77. The first-order chi connectivity index (χ1) is 12.8. The zero-order valence-electron chi connectivity index (χ0n) is 15.1. The third-order valence-electron chi connectivity index (χ3n) is 4.32. The van der Waals surface area contributed by atoms with Crippen molar-refractivity contribution in [2.75, 3.05) is 21.1 Å². The third kappa shape index (κ3) is 3.31. The Bertz CT molecular complexity index is 937. The highest BCUT2D eigenvalue weighted by Gasteiger charge is 2.34. The van der Waals surface area contributed by atoms with E-state index in [0.717, 1.165) is 4.90 Å². The molecule has 0 radical (unpaired) electrons. The molecule has 7 nitrogen and oxygen atoms in total. The van der Waals surface area contributed by atoms with E-state index in [1.165, 1.54) is 30.1 Å². The Hall–Kier alpha value is -3.48. The molecule has 2 aromatic rings. The van der Waals surface area contributed by atoms with Crippen molar-refractivity contribution in [3.05, 3.63) is 70.8 Å². The number of nitrogens with zero attached hydrogens (tertiary/aromatic N) is 2. The zero-order valence-corrected chi connectivity index (χ0v) is 15.1. The van der Waals surface area contributed by atoms with E-state index in [-0.39, 0.29) is 22.6 Å². The summed E-state index contributed by atoms with van der Waals surface area (Å²) in [6.07, 6.45) is -1.11. The normalized spacial score (nSPS) is 14.0. The van der Waals surface area contributed by atoms with Crippen LogP contribution < -0.4 is 0 Å². The van der Waals surface area contributed by atoms with Crippen LogP contribution in [0.2, 0.25) is 0 Å². The summed E-state index contributed by atoms with van der Waals surface area (Å²) in [6.45, 7) is 0. The van der Waals surface area contributed by atoms with Crippen LogP contribution in [0.4, 0.5) is 0 Å². The molecular formula is C20H18N2O5. The molecule has 0 aliphatic carbocycles. The van der Waals surface area contributed by atoms with E-state index in [9.17, 15) is 19.2 Å². The van der Waals surface area contributed by atoms with Crippen molar-refractivity contribution in [2.45, 2.75) is 6.10 Å². The summed E-state index contributed by atoms with van der Waals surface area (Å²) in [7, 11) is 4.52. The summed E-state index contributed by atoms with van der Waals surface area (Å²) in [4.78, 5) is 51.5. The van der Waals surface area contributed by atoms with E-state index in [2.05, 4.69) is 0 Å². The van der Waals surface area contributed by atoms with Gasteiger partial charge in [0.05, 0.1) is 16.7 Å². The first-order valence-electron chi connectivity index (χ1n) is 8.24. The lowest BCUT2D eigenvalue weighted by atomic mass is 10.1. The van der Waals surface area contributed by atoms with Gasteiger partial charge in [-0.25, -0.2) is 4.79 Å². The van der Waals surface area contributed by atoms with Crippen LogP contribution in [-0.2, 0) is 9.53 Å². The van der Waals surface area contributed by atoms with Crippen molar-refractivity contribution < 1.29 is 23.9 Å². The van der Waals surface area contributed by atoms with Gasteiger partial charge >= 0.3 is 5.97 Å². The number of hydrogen-bond donors (Lipinski definition) is 0. The number of ether oxygens (including phenoxy) is 1. The lowest BCUT2D eigenvalue weighted by Crippen LogP contribution is -2.31. The molecule has 1 atom stereocenters. The number of carbonyl (C=O) groups excluding carboxylic acids is 4. The largest absolute Gasteiger partial charge is 0.444 e. The third-order valence-corrected chi connectivity index (χ3v) is 4.32. The number of imide groups is 1. The van der Waals surface area contributed by atoms with Gasteiger partial charge in [-0.1, -0.05) is 30.3 Å². The maximum atomic E-state index is 12.6. The lowest BCUT2D eigenvalue weighted by molar-refractivity contribution is -0.138. The fourth-order valence-corrected chi connectivity index (χ4v) is 2.79. The minimum absolute atomic E-state index is 0.0951. The molecule has 1 aliphatic heterocycles. The maximum Gasteiger partial charge on any atom is 0.339 e. The number of hydrogen-bond acceptors (Lipinski definition) is 5. The Morgan fingerprint density at radius 2 is 1.59 bits per heavy atom. The number of carbonyl (C=O) groups is 4. The summed E-state index contributed by atoms with van der Waals surface area (Å²) in [5.74, 6) is -2.04. The van der Waals surface area contributed by atoms with Crippen LogP contribution in [0.5, 0.6) is 0 Å². The average Bonchev–Trinajstić information content (AvgIpc) is 2.89. The molecule has 0 spiro atoms. The molecule has 0 fully saturated rings. The van der Waals surface area contributed by atoms with Crippen LogP contribution in [0.1, 0.15) is 42.7 Å². The molecule has 1 aliphatic rings. The molecule has 3 amide bonds. The second-order valence-corrected chi connectivity index (χ2v) is 6.36.